The molecule has 0 spiro atoms. The van der Waals surface area contributed by atoms with Crippen molar-refractivity contribution in [3.8, 4) is 0 Å². The molecule has 0 saturated carbocycles. The fourth-order valence-electron chi connectivity index (χ4n) is 1.99. The van der Waals surface area contributed by atoms with Gasteiger partial charge in [-0.2, -0.15) is 16.8 Å². The van der Waals surface area contributed by atoms with Gasteiger partial charge >= 0.3 is 29.6 Å². The Balaban J connectivity index is 0.00000392. The summed E-state index contributed by atoms with van der Waals surface area (Å²) in [5.41, 5.74) is 5.65. The number of anilines is 2. The van der Waals surface area contributed by atoms with Gasteiger partial charge in [0.2, 0.25) is 5.91 Å². The van der Waals surface area contributed by atoms with Crippen LogP contribution in [-0.2, 0) is 25.0 Å². The first-order chi connectivity index (χ1) is 12.4. The molecular weight excluding hydrogens is 423 g/mol. The zero-order valence-electron chi connectivity index (χ0n) is 13.7. The van der Waals surface area contributed by atoms with Gasteiger partial charge in [-0.15, -0.1) is 10.2 Å². The summed E-state index contributed by atoms with van der Waals surface area (Å²) in [7, 11) is -9.41. The minimum atomic E-state index is -4.76. The predicted molar refractivity (Wildman–Crippen MR) is 103 cm³/mol. The van der Waals surface area contributed by atoms with Gasteiger partial charge in [0.15, 0.2) is 0 Å². The summed E-state index contributed by atoms with van der Waals surface area (Å²) in [4.78, 5) is 9.88. The molecule has 2 rings (SSSR count). The zero-order chi connectivity index (χ0) is 20.4. The van der Waals surface area contributed by atoms with Crippen LogP contribution in [0.15, 0.2) is 56.4 Å². The molecule has 0 heterocycles. The predicted octanol–water partition coefficient (Wildman–Crippen LogP) is 1.49. The van der Waals surface area contributed by atoms with Crippen LogP contribution in [0.2, 0.25) is 0 Å². The van der Waals surface area contributed by atoms with Crippen molar-refractivity contribution in [3.63, 3.8) is 0 Å². The third kappa shape index (κ3) is 6.34. The SMILES string of the molecule is CC(=O)Nc1cc(N)ccc1N=Nc1cc(S(=O)(=O)O)ccc1S(=O)(=O)O.[NaH]. The number of rotatable bonds is 5. The van der Waals surface area contributed by atoms with Gasteiger partial charge in [-0.05, 0) is 36.4 Å². The molecule has 146 valence electrons. The number of amides is 1. The number of hydrogen-bond acceptors (Lipinski definition) is 8. The molecule has 2 aromatic rings. The molecule has 0 atom stereocenters. The van der Waals surface area contributed by atoms with Crippen LogP contribution in [0.4, 0.5) is 22.7 Å². The average molecular weight is 438 g/mol. The Hall–Kier alpha value is -1.87. The van der Waals surface area contributed by atoms with E-state index in [4.69, 9.17) is 10.3 Å². The standard InChI is InChI=1S/C14H14N4O7S2.Na.H/c1-8(19)16-12-6-9(15)2-4-11(12)17-18-13-7-10(26(20,21)22)3-5-14(13)27(23,24)25;;/h2-7H,15H2,1H3,(H,16,19)(H,20,21,22)(H,23,24,25);;. The van der Waals surface area contributed by atoms with Gasteiger partial charge in [-0.1, -0.05) is 0 Å². The van der Waals surface area contributed by atoms with Crippen LogP contribution in [0, 0.1) is 0 Å². The number of nitrogens with two attached hydrogens (primary N) is 1. The Morgan fingerprint density at radius 2 is 1.57 bits per heavy atom. The van der Waals surface area contributed by atoms with E-state index >= 15 is 0 Å². The van der Waals surface area contributed by atoms with Gasteiger partial charge < -0.3 is 11.1 Å². The number of carbonyl (C=O) groups excluding carboxylic acids is 1. The number of azo groups is 1. The molecule has 0 aliphatic rings. The maximum absolute atomic E-state index is 11.5. The average Bonchev–Trinajstić information content (AvgIpc) is 2.51. The van der Waals surface area contributed by atoms with Crippen LogP contribution < -0.4 is 11.1 Å². The van der Waals surface area contributed by atoms with Gasteiger partial charge in [-0.25, -0.2) is 0 Å². The molecule has 2 aromatic carbocycles. The molecule has 0 aliphatic carbocycles. The van der Waals surface area contributed by atoms with E-state index in [1.165, 1.54) is 25.1 Å². The van der Waals surface area contributed by atoms with Gasteiger partial charge in [0.1, 0.15) is 16.3 Å². The first-order valence-corrected chi connectivity index (χ1v) is 9.94. The number of carbonyl (C=O) groups is 1. The van der Waals surface area contributed by atoms with E-state index in [2.05, 4.69) is 15.5 Å². The number of hydrogen-bond donors (Lipinski definition) is 4. The monoisotopic (exact) mass is 438 g/mol. The van der Waals surface area contributed by atoms with Crippen molar-refractivity contribution < 1.29 is 30.7 Å². The molecule has 0 aliphatic heterocycles. The Morgan fingerprint density at radius 3 is 2.11 bits per heavy atom. The maximum atomic E-state index is 11.5. The molecule has 5 N–H and O–H groups in total. The summed E-state index contributed by atoms with van der Waals surface area (Å²) < 4.78 is 63.7. The van der Waals surface area contributed by atoms with Crippen molar-refractivity contribution in [1.82, 2.24) is 0 Å². The molecule has 0 radical (unpaired) electrons. The van der Waals surface area contributed by atoms with E-state index in [0.29, 0.717) is 5.69 Å². The second-order valence-electron chi connectivity index (χ2n) is 5.24. The Bertz CT molecular complexity index is 1150. The molecule has 0 aromatic heterocycles. The normalized spacial score (nSPS) is 11.8. The van der Waals surface area contributed by atoms with Crippen molar-refractivity contribution in [1.29, 1.82) is 0 Å². The van der Waals surface area contributed by atoms with Crippen LogP contribution >= 0.6 is 0 Å². The van der Waals surface area contributed by atoms with E-state index in [1.54, 1.807) is 0 Å². The molecular formula is C14H15N4NaO7S2. The summed E-state index contributed by atoms with van der Waals surface area (Å²) in [5, 5.41) is 9.86. The summed E-state index contributed by atoms with van der Waals surface area (Å²) in [6, 6.07) is 6.46. The first-order valence-electron chi connectivity index (χ1n) is 7.06. The number of nitrogen functional groups attached to an aromatic ring is 1. The quantitative estimate of drug-likeness (QED) is 0.234. The van der Waals surface area contributed by atoms with E-state index in [0.717, 1.165) is 18.2 Å². The number of nitrogens with zero attached hydrogens (tertiary/aromatic N) is 2. The van der Waals surface area contributed by atoms with Crippen LogP contribution in [0.25, 0.3) is 0 Å². The van der Waals surface area contributed by atoms with Crippen molar-refractivity contribution >= 4 is 78.5 Å². The number of benzene rings is 2. The van der Waals surface area contributed by atoms with Gasteiger partial charge in [0.05, 0.1) is 10.6 Å². The van der Waals surface area contributed by atoms with E-state index < -0.39 is 41.6 Å². The number of nitrogens with one attached hydrogen (secondary N) is 1. The molecule has 14 heteroatoms. The van der Waals surface area contributed by atoms with Gasteiger partial charge in [0.25, 0.3) is 20.2 Å². The minimum absolute atomic E-state index is 0. The second-order valence-corrected chi connectivity index (χ2v) is 8.05. The van der Waals surface area contributed by atoms with Crippen LogP contribution in [0.5, 0.6) is 0 Å². The summed E-state index contributed by atoms with van der Waals surface area (Å²) >= 11 is 0. The van der Waals surface area contributed by atoms with Crippen LogP contribution in [-0.4, -0.2) is 61.4 Å². The fraction of sp³-hybridized carbons (Fsp3) is 0.0714. The summed E-state index contributed by atoms with van der Waals surface area (Å²) in [6.07, 6.45) is 0. The Labute approximate surface area is 182 Å². The van der Waals surface area contributed by atoms with Crippen LogP contribution in [0.3, 0.4) is 0 Å². The molecule has 0 fully saturated rings. The summed E-state index contributed by atoms with van der Waals surface area (Å²) in [5.74, 6) is -0.427. The van der Waals surface area contributed by atoms with E-state index in [9.17, 15) is 26.2 Å². The topological polar surface area (TPSA) is 189 Å². The molecule has 11 nitrogen and oxygen atoms in total. The van der Waals surface area contributed by atoms with Crippen molar-refractivity contribution in [3.05, 3.63) is 36.4 Å². The van der Waals surface area contributed by atoms with E-state index in [-0.39, 0.29) is 40.9 Å². The molecule has 0 bridgehead atoms. The van der Waals surface area contributed by atoms with Gasteiger partial charge in [0, 0.05) is 12.6 Å². The van der Waals surface area contributed by atoms with E-state index in [1.807, 2.05) is 0 Å². The third-order valence-electron chi connectivity index (χ3n) is 3.10. The Morgan fingerprint density at radius 1 is 0.964 bits per heavy atom. The Kier molecular flexibility index (Phi) is 7.84. The third-order valence-corrected chi connectivity index (χ3v) is 4.85. The first kappa shape index (κ1) is 24.2. The molecule has 0 unspecified atom stereocenters. The van der Waals surface area contributed by atoms with Crippen molar-refractivity contribution in [2.24, 2.45) is 10.2 Å². The molecule has 28 heavy (non-hydrogen) atoms. The fourth-order valence-corrected chi connectivity index (χ4v) is 3.10. The molecule has 1 amide bonds. The van der Waals surface area contributed by atoms with Gasteiger partial charge in [-0.3, -0.25) is 13.9 Å². The second kappa shape index (κ2) is 9.09. The van der Waals surface area contributed by atoms with Crippen LogP contribution in [0.1, 0.15) is 6.92 Å². The van der Waals surface area contributed by atoms with Crippen molar-refractivity contribution in [2.75, 3.05) is 11.1 Å². The zero-order valence-corrected chi connectivity index (χ0v) is 15.3. The van der Waals surface area contributed by atoms with Crippen molar-refractivity contribution in [2.45, 2.75) is 16.7 Å². The molecule has 0 saturated heterocycles. The summed E-state index contributed by atoms with van der Waals surface area (Å²) in [6.45, 7) is 1.25.